The Hall–Kier alpha value is -1.22. The standard InChI is InChI=1S/C16H23NO2/c1-4-19-16(9-7-15(2,3)8-10-16)14(18)13-6-5-11-17-12-13/h5-6,11-12H,4,7-10H2,1-3H3. The van der Waals surface area contributed by atoms with Gasteiger partial charge >= 0.3 is 0 Å². The number of ketones is 1. The van der Waals surface area contributed by atoms with Gasteiger partial charge in [0.2, 0.25) is 0 Å². The van der Waals surface area contributed by atoms with Crippen LogP contribution < -0.4 is 0 Å². The van der Waals surface area contributed by atoms with Crippen LogP contribution in [0.3, 0.4) is 0 Å². The van der Waals surface area contributed by atoms with Gasteiger partial charge in [-0.2, -0.15) is 0 Å². The number of pyridine rings is 1. The number of carbonyl (C=O) groups is 1. The van der Waals surface area contributed by atoms with E-state index >= 15 is 0 Å². The quantitative estimate of drug-likeness (QED) is 0.777. The molecule has 0 radical (unpaired) electrons. The predicted octanol–water partition coefficient (Wildman–Crippen LogP) is 3.64. The number of hydrogen-bond acceptors (Lipinski definition) is 3. The molecule has 0 aromatic carbocycles. The minimum atomic E-state index is -0.632. The van der Waals surface area contributed by atoms with Crippen molar-refractivity contribution in [2.45, 2.75) is 52.1 Å². The fourth-order valence-electron chi connectivity index (χ4n) is 2.80. The summed E-state index contributed by atoms with van der Waals surface area (Å²) in [4.78, 5) is 16.8. The first kappa shape index (κ1) is 14.2. The lowest BCUT2D eigenvalue weighted by atomic mass is 9.69. The maximum Gasteiger partial charge on any atom is 0.196 e. The number of Topliss-reactive ketones (excluding diaryl/α,β-unsaturated/α-hetero) is 1. The minimum Gasteiger partial charge on any atom is -0.367 e. The molecule has 1 fully saturated rings. The molecule has 0 spiro atoms. The van der Waals surface area contributed by atoms with Crippen molar-refractivity contribution in [1.82, 2.24) is 4.98 Å². The molecule has 0 aliphatic heterocycles. The second kappa shape index (κ2) is 5.41. The first-order chi connectivity index (χ1) is 8.99. The lowest BCUT2D eigenvalue weighted by Gasteiger charge is -2.42. The normalized spacial score (nSPS) is 21.0. The number of nitrogens with zero attached hydrogens (tertiary/aromatic N) is 1. The average Bonchev–Trinajstić information content (AvgIpc) is 2.42. The molecule has 3 nitrogen and oxygen atoms in total. The van der Waals surface area contributed by atoms with Crippen LogP contribution >= 0.6 is 0 Å². The second-order valence-corrected chi connectivity index (χ2v) is 6.16. The Balaban J connectivity index is 2.23. The molecule has 1 saturated carbocycles. The summed E-state index contributed by atoms with van der Waals surface area (Å²) >= 11 is 0. The Morgan fingerprint density at radius 2 is 2.00 bits per heavy atom. The molecule has 2 rings (SSSR count). The third kappa shape index (κ3) is 3.03. The molecule has 104 valence electrons. The van der Waals surface area contributed by atoms with Gasteiger partial charge in [0, 0.05) is 24.6 Å². The van der Waals surface area contributed by atoms with E-state index in [9.17, 15) is 4.79 Å². The van der Waals surface area contributed by atoms with E-state index in [0.29, 0.717) is 17.6 Å². The molecular weight excluding hydrogens is 238 g/mol. The highest BCUT2D eigenvalue weighted by atomic mass is 16.5. The molecular formula is C16H23NO2. The van der Waals surface area contributed by atoms with Crippen molar-refractivity contribution in [3.05, 3.63) is 30.1 Å². The van der Waals surface area contributed by atoms with E-state index in [0.717, 1.165) is 25.7 Å². The maximum absolute atomic E-state index is 12.8. The van der Waals surface area contributed by atoms with E-state index in [4.69, 9.17) is 4.74 Å². The van der Waals surface area contributed by atoms with Crippen molar-refractivity contribution >= 4 is 5.78 Å². The Morgan fingerprint density at radius 1 is 1.32 bits per heavy atom. The number of rotatable bonds is 4. The van der Waals surface area contributed by atoms with E-state index in [1.165, 1.54) is 0 Å². The van der Waals surface area contributed by atoms with Crippen LogP contribution in [-0.2, 0) is 4.74 Å². The van der Waals surface area contributed by atoms with E-state index in [-0.39, 0.29) is 5.78 Å². The summed E-state index contributed by atoms with van der Waals surface area (Å²) in [6.45, 7) is 7.05. The SMILES string of the molecule is CCOC1(C(=O)c2cccnc2)CCC(C)(C)CC1. The summed E-state index contributed by atoms with van der Waals surface area (Å²) in [5, 5.41) is 0. The number of ether oxygens (including phenoxy) is 1. The second-order valence-electron chi connectivity index (χ2n) is 6.16. The van der Waals surface area contributed by atoms with Gasteiger partial charge in [-0.25, -0.2) is 0 Å². The van der Waals surface area contributed by atoms with Crippen LogP contribution in [-0.4, -0.2) is 23.0 Å². The largest absolute Gasteiger partial charge is 0.367 e. The summed E-state index contributed by atoms with van der Waals surface area (Å²) in [6, 6.07) is 3.63. The molecule has 0 bridgehead atoms. The highest BCUT2D eigenvalue weighted by Crippen LogP contribution is 2.43. The van der Waals surface area contributed by atoms with Gasteiger partial charge in [0.15, 0.2) is 5.78 Å². The van der Waals surface area contributed by atoms with Gasteiger partial charge in [0.1, 0.15) is 5.60 Å². The summed E-state index contributed by atoms with van der Waals surface area (Å²) < 4.78 is 5.90. The van der Waals surface area contributed by atoms with Crippen molar-refractivity contribution < 1.29 is 9.53 Å². The average molecular weight is 261 g/mol. The van der Waals surface area contributed by atoms with Gasteiger partial charge in [0.05, 0.1) is 0 Å². The Bertz CT molecular complexity index is 429. The molecule has 3 heteroatoms. The summed E-state index contributed by atoms with van der Waals surface area (Å²) in [6.07, 6.45) is 7.00. The van der Waals surface area contributed by atoms with Gasteiger partial charge in [-0.3, -0.25) is 9.78 Å². The molecule has 1 aliphatic carbocycles. The Kier molecular flexibility index (Phi) is 4.04. The van der Waals surface area contributed by atoms with Gasteiger partial charge in [-0.05, 0) is 50.2 Å². The zero-order chi connectivity index (χ0) is 13.9. The van der Waals surface area contributed by atoms with Crippen LogP contribution in [0.4, 0.5) is 0 Å². The first-order valence-electron chi connectivity index (χ1n) is 7.08. The summed E-state index contributed by atoms with van der Waals surface area (Å²) in [5.74, 6) is 0.0953. The molecule has 0 amide bonds. The molecule has 1 heterocycles. The maximum atomic E-state index is 12.8. The minimum absolute atomic E-state index is 0.0953. The highest BCUT2D eigenvalue weighted by Gasteiger charge is 2.44. The molecule has 0 atom stereocenters. The van der Waals surface area contributed by atoms with Crippen LogP contribution in [0.5, 0.6) is 0 Å². The van der Waals surface area contributed by atoms with Gasteiger partial charge < -0.3 is 4.74 Å². The number of carbonyl (C=O) groups excluding carboxylic acids is 1. The summed E-state index contributed by atoms with van der Waals surface area (Å²) in [5.41, 5.74) is 0.346. The molecule has 1 aromatic heterocycles. The fraction of sp³-hybridized carbons (Fsp3) is 0.625. The molecule has 1 aromatic rings. The van der Waals surface area contributed by atoms with Crippen LogP contribution in [0.15, 0.2) is 24.5 Å². The van der Waals surface area contributed by atoms with Crippen molar-refractivity contribution in [1.29, 1.82) is 0 Å². The van der Waals surface area contributed by atoms with Crippen LogP contribution in [0, 0.1) is 5.41 Å². The van der Waals surface area contributed by atoms with E-state index in [1.54, 1.807) is 18.5 Å². The third-order valence-corrected chi connectivity index (χ3v) is 4.17. The van der Waals surface area contributed by atoms with Gasteiger partial charge in [-0.15, -0.1) is 0 Å². The molecule has 1 aliphatic rings. The van der Waals surface area contributed by atoms with Crippen molar-refractivity contribution in [3.8, 4) is 0 Å². The van der Waals surface area contributed by atoms with Gasteiger partial charge in [-0.1, -0.05) is 13.8 Å². The zero-order valence-electron chi connectivity index (χ0n) is 12.1. The smallest absolute Gasteiger partial charge is 0.196 e. The molecule has 0 N–H and O–H groups in total. The molecule has 0 saturated heterocycles. The van der Waals surface area contributed by atoms with Crippen LogP contribution in [0.1, 0.15) is 56.8 Å². The lowest BCUT2D eigenvalue weighted by molar-refractivity contribution is -0.0580. The monoisotopic (exact) mass is 261 g/mol. The van der Waals surface area contributed by atoms with E-state index < -0.39 is 5.60 Å². The Labute approximate surface area is 115 Å². The van der Waals surface area contributed by atoms with E-state index in [2.05, 4.69) is 18.8 Å². The zero-order valence-corrected chi connectivity index (χ0v) is 12.1. The van der Waals surface area contributed by atoms with Crippen LogP contribution in [0.2, 0.25) is 0 Å². The number of aromatic nitrogens is 1. The van der Waals surface area contributed by atoms with Crippen molar-refractivity contribution in [2.24, 2.45) is 5.41 Å². The Morgan fingerprint density at radius 3 is 2.53 bits per heavy atom. The summed E-state index contributed by atoms with van der Waals surface area (Å²) in [7, 11) is 0. The predicted molar refractivity (Wildman–Crippen MR) is 75.2 cm³/mol. The van der Waals surface area contributed by atoms with Crippen LogP contribution in [0.25, 0.3) is 0 Å². The lowest BCUT2D eigenvalue weighted by Crippen LogP contribution is -2.46. The third-order valence-electron chi connectivity index (χ3n) is 4.17. The number of hydrogen-bond donors (Lipinski definition) is 0. The van der Waals surface area contributed by atoms with Gasteiger partial charge in [0.25, 0.3) is 0 Å². The first-order valence-corrected chi connectivity index (χ1v) is 7.08. The van der Waals surface area contributed by atoms with Crippen molar-refractivity contribution in [2.75, 3.05) is 6.61 Å². The topological polar surface area (TPSA) is 39.2 Å². The fourth-order valence-corrected chi connectivity index (χ4v) is 2.80. The van der Waals surface area contributed by atoms with E-state index in [1.807, 2.05) is 13.0 Å². The highest BCUT2D eigenvalue weighted by molar-refractivity contribution is 6.02. The molecule has 19 heavy (non-hydrogen) atoms. The molecule has 0 unspecified atom stereocenters. The van der Waals surface area contributed by atoms with Crippen molar-refractivity contribution in [3.63, 3.8) is 0 Å².